The van der Waals surface area contributed by atoms with E-state index < -0.39 is 0 Å². The third kappa shape index (κ3) is 5.28. The summed E-state index contributed by atoms with van der Waals surface area (Å²) in [6.45, 7) is 2.22. The highest BCUT2D eigenvalue weighted by atomic mass is 16.5. The van der Waals surface area contributed by atoms with Gasteiger partial charge in [0.05, 0.1) is 14.2 Å². The first kappa shape index (κ1) is 19.8. The number of methoxy groups -OCH3 is 2. The number of hydrogen-bond donors (Lipinski definition) is 1. The number of amides is 1. The molecule has 0 unspecified atom stereocenters. The molecule has 1 saturated heterocycles. The van der Waals surface area contributed by atoms with E-state index in [1.54, 1.807) is 20.3 Å². The summed E-state index contributed by atoms with van der Waals surface area (Å²) in [4.78, 5) is 14.7. The van der Waals surface area contributed by atoms with Crippen molar-refractivity contribution < 1.29 is 14.3 Å². The van der Waals surface area contributed by atoms with Gasteiger partial charge >= 0.3 is 0 Å². The number of nitrogens with one attached hydrogen (secondary N) is 1. The Balaban J connectivity index is 1.59. The topological polar surface area (TPSA) is 50.8 Å². The number of nitrogens with zero attached hydrogens (tertiary/aromatic N) is 1. The molecule has 28 heavy (non-hydrogen) atoms. The predicted molar refractivity (Wildman–Crippen MR) is 114 cm³/mol. The van der Waals surface area contributed by atoms with Crippen LogP contribution in [0, 0.1) is 0 Å². The minimum absolute atomic E-state index is 0.169. The lowest BCUT2D eigenvalue weighted by Crippen LogP contribution is -2.23. The molecule has 2 aromatic carbocycles. The maximum absolute atomic E-state index is 12.2. The van der Waals surface area contributed by atoms with Crippen LogP contribution in [0.15, 0.2) is 48.5 Å². The van der Waals surface area contributed by atoms with E-state index >= 15 is 0 Å². The van der Waals surface area contributed by atoms with Crippen LogP contribution in [0.4, 0.5) is 11.4 Å². The molecular formula is C23H28N2O3. The highest BCUT2D eigenvalue weighted by Crippen LogP contribution is 2.28. The predicted octanol–water partition coefficient (Wildman–Crippen LogP) is 4.74. The smallest absolute Gasteiger partial charge is 0.248 e. The van der Waals surface area contributed by atoms with E-state index in [9.17, 15) is 4.79 Å². The van der Waals surface area contributed by atoms with E-state index in [1.165, 1.54) is 37.4 Å². The second-order valence-corrected chi connectivity index (χ2v) is 6.89. The van der Waals surface area contributed by atoms with Gasteiger partial charge in [0, 0.05) is 30.5 Å². The van der Waals surface area contributed by atoms with Crippen LogP contribution in [0.3, 0.4) is 0 Å². The fourth-order valence-corrected chi connectivity index (χ4v) is 3.40. The van der Waals surface area contributed by atoms with Gasteiger partial charge in [-0.3, -0.25) is 4.79 Å². The zero-order chi connectivity index (χ0) is 19.8. The molecule has 0 saturated carbocycles. The third-order valence-electron chi connectivity index (χ3n) is 4.94. The molecule has 2 aromatic rings. The summed E-state index contributed by atoms with van der Waals surface area (Å²) < 4.78 is 10.5. The summed E-state index contributed by atoms with van der Waals surface area (Å²) in [5.74, 6) is 1.13. The largest absolute Gasteiger partial charge is 0.493 e. The van der Waals surface area contributed by atoms with E-state index in [4.69, 9.17) is 9.47 Å². The highest BCUT2D eigenvalue weighted by molar-refractivity contribution is 6.02. The minimum Gasteiger partial charge on any atom is -0.493 e. The SMILES string of the molecule is COc1ccc(/C=C/C(=O)Nc2ccc(N3CCCCCC3)cc2)cc1OC. The van der Waals surface area contributed by atoms with Crippen LogP contribution < -0.4 is 19.7 Å². The summed E-state index contributed by atoms with van der Waals surface area (Å²) in [6, 6.07) is 13.6. The molecule has 1 fully saturated rings. The molecule has 0 radical (unpaired) electrons. The minimum atomic E-state index is -0.169. The number of hydrogen-bond acceptors (Lipinski definition) is 4. The fraction of sp³-hybridized carbons (Fsp3) is 0.348. The number of anilines is 2. The fourth-order valence-electron chi connectivity index (χ4n) is 3.40. The Morgan fingerprint density at radius 3 is 2.25 bits per heavy atom. The molecule has 148 valence electrons. The van der Waals surface area contributed by atoms with Gasteiger partial charge in [-0.1, -0.05) is 18.9 Å². The highest BCUT2D eigenvalue weighted by Gasteiger charge is 2.10. The summed E-state index contributed by atoms with van der Waals surface area (Å²) in [5, 5.41) is 2.91. The molecule has 1 N–H and O–H groups in total. The van der Waals surface area contributed by atoms with Crippen LogP contribution in [-0.2, 0) is 4.79 Å². The first-order valence-corrected chi connectivity index (χ1v) is 9.76. The van der Waals surface area contributed by atoms with Crippen molar-refractivity contribution in [1.29, 1.82) is 0 Å². The Hall–Kier alpha value is -2.95. The molecule has 1 aliphatic heterocycles. The van der Waals surface area contributed by atoms with Gasteiger partial charge in [0.2, 0.25) is 5.91 Å². The van der Waals surface area contributed by atoms with Crippen LogP contribution in [0.1, 0.15) is 31.2 Å². The van der Waals surface area contributed by atoms with Crippen molar-refractivity contribution in [1.82, 2.24) is 0 Å². The van der Waals surface area contributed by atoms with Crippen molar-refractivity contribution in [3.63, 3.8) is 0 Å². The zero-order valence-electron chi connectivity index (χ0n) is 16.6. The van der Waals surface area contributed by atoms with Gasteiger partial charge in [0.15, 0.2) is 11.5 Å². The Labute approximate surface area is 167 Å². The van der Waals surface area contributed by atoms with Crippen LogP contribution in [0.5, 0.6) is 11.5 Å². The molecule has 0 aliphatic carbocycles. The van der Waals surface area contributed by atoms with E-state index in [0.717, 1.165) is 24.3 Å². The molecule has 1 heterocycles. The summed E-state index contributed by atoms with van der Waals surface area (Å²) in [5.41, 5.74) is 2.88. The maximum atomic E-state index is 12.2. The number of benzene rings is 2. The first-order valence-electron chi connectivity index (χ1n) is 9.76. The van der Waals surface area contributed by atoms with Gasteiger partial charge in [0.25, 0.3) is 0 Å². The average Bonchev–Trinajstić information content (AvgIpc) is 3.02. The van der Waals surface area contributed by atoms with Crippen molar-refractivity contribution in [2.45, 2.75) is 25.7 Å². The molecule has 0 spiro atoms. The number of carbonyl (C=O) groups is 1. The Morgan fingerprint density at radius 1 is 0.929 bits per heavy atom. The maximum Gasteiger partial charge on any atom is 0.248 e. The number of carbonyl (C=O) groups excluding carboxylic acids is 1. The van der Waals surface area contributed by atoms with Gasteiger partial charge in [-0.05, 0) is 60.9 Å². The van der Waals surface area contributed by atoms with Crippen LogP contribution in [-0.4, -0.2) is 33.2 Å². The van der Waals surface area contributed by atoms with Crippen molar-refractivity contribution in [2.75, 3.05) is 37.5 Å². The zero-order valence-corrected chi connectivity index (χ0v) is 16.6. The lowest BCUT2D eigenvalue weighted by molar-refractivity contribution is -0.111. The van der Waals surface area contributed by atoms with Gasteiger partial charge < -0.3 is 19.7 Å². The average molecular weight is 380 g/mol. The van der Waals surface area contributed by atoms with Gasteiger partial charge in [-0.15, -0.1) is 0 Å². The number of ether oxygens (including phenoxy) is 2. The Morgan fingerprint density at radius 2 is 1.61 bits per heavy atom. The molecule has 0 aromatic heterocycles. The van der Waals surface area contributed by atoms with Gasteiger partial charge in [0.1, 0.15) is 0 Å². The van der Waals surface area contributed by atoms with E-state index in [1.807, 2.05) is 30.3 Å². The van der Waals surface area contributed by atoms with Crippen molar-refractivity contribution in [3.05, 3.63) is 54.1 Å². The van der Waals surface area contributed by atoms with Crippen LogP contribution in [0.2, 0.25) is 0 Å². The summed E-state index contributed by atoms with van der Waals surface area (Å²) in [6.07, 6.45) is 8.40. The van der Waals surface area contributed by atoms with Crippen molar-refractivity contribution in [3.8, 4) is 11.5 Å². The molecule has 1 aliphatic rings. The third-order valence-corrected chi connectivity index (χ3v) is 4.94. The second-order valence-electron chi connectivity index (χ2n) is 6.89. The van der Waals surface area contributed by atoms with Gasteiger partial charge in [-0.2, -0.15) is 0 Å². The van der Waals surface area contributed by atoms with E-state index in [0.29, 0.717) is 11.5 Å². The molecule has 1 amide bonds. The Kier molecular flexibility index (Phi) is 6.95. The van der Waals surface area contributed by atoms with Crippen LogP contribution in [0.25, 0.3) is 6.08 Å². The lowest BCUT2D eigenvalue weighted by atomic mass is 10.2. The van der Waals surface area contributed by atoms with Crippen molar-refractivity contribution >= 4 is 23.4 Å². The molecule has 5 nitrogen and oxygen atoms in total. The quantitative estimate of drug-likeness (QED) is 0.736. The molecular weight excluding hydrogens is 352 g/mol. The lowest BCUT2D eigenvalue weighted by Gasteiger charge is -2.22. The molecule has 0 bridgehead atoms. The summed E-state index contributed by atoms with van der Waals surface area (Å²) in [7, 11) is 3.19. The van der Waals surface area contributed by atoms with Crippen molar-refractivity contribution in [2.24, 2.45) is 0 Å². The summed E-state index contributed by atoms with van der Waals surface area (Å²) >= 11 is 0. The van der Waals surface area contributed by atoms with E-state index in [2.05, 4.69) is 22.3 Å². The van der Waals surface area contributed by atoms with E-state index in [-0.39, 0.29) is 5.91 Å². The molecule has 5 heteroatoms. The standard InChI is InChI=1S/C23H28N2O3/c1-27-21-13-7-18(17-22(21)28-2)8-14-23(26)24-19-9-11-20(12-10-19)25-15-5-3-4-6-16-25/h7-14,17H,3-6,15-16H2,1-2H3,(H,24,26)/b14-8+. The van der Waals surface area contributed by atoms with Crippen LogP contribution >= 0.6 is 0 Å². The number of rotatable bonds is 6. The Bertz CT molecular complexity index is 807. The monoisotopic (exact) mass is 380 g/mol. The molecule has 0 atom stereocenters. The van der Waals surface area contributed by atoms with Gasteiger partial charge in [-0.25, -0.2) is 0 Å². The first-order chi connectivity index (χ1) is 13.7. The second kappa shape index (κ2) is 9.83. The normalized spacial score (nSPS) is 14.6. The molecule has 3 rings (SSSR count).